The number of nitro groups is 1. The molecule has 1 aliphatic rings. The number of piperidine rings is 1. The molecule has 0 unspecified atom stereocenters. The lowest BCUT2D eigenvalue weighted by atomic mass is 10.1. The van der Waals surface area contributed by atoms with Crippen molar-refractivity contribution in [2.45, 2.75) is 19.3 Å². The zero-order valence-electron chi connectivity index (χ0n) is 13.5. The molecule has 0 aromatic heterocycles. The maximum atomic E-state index is 12.3. The number of hydrogen-bond donors (Lipinski definition) is 0. The van der Waals surface area contributed by atoms with Crippen LogP contribution in [0, 0.1) is 10.1 Å². The third-order valence-electron chi connectivity index (χ3n) is 4.13. The number of esters is 1. The van der Waals surface area contributed by atoms with Gasteiger partial charge in [0.05, 0.1) is 10.5 Å². The molecule has 0 aliphatic carbocycles. The summed E-state index contributed by atoms with van der Waals surface area (Å²) in [5, 5.41) is 11.5. The first-order valence-electron chi connectivity index (χ1n) is 8.06. The number of halogens is 1. The summed E-state index contributed by atoms with van der Waals surface area (Å²) in [7, 11) is 0. The van der Waals surface area contributed by atoms with Crippen molar-refractivity contribution in [3.63, 3.8) is 0 Å². The average Bonchev–Trinajstić information content (AvgIpc) is 2.63. The number of nitrogens with zero attached hydrogens (tertiary/aromatic N) is 2. The minimum Gasteiger partial charge on any atom is -0.423 e. The molecule has 1 aliphatic heterocycles. The lowest BCUT2D eigenvalue weighted by Crippen LogP contribution is -2.30. The van der Waals surface area contributed by atoms with E-state index in [2.05, 4.69) is 15.9 Å². The number of hydrogen-bond acceptors (Lipinski definition) is 5. The van der Waals surface area contributed by atoms with E-state index in [1.165, 1.54) is 6.07 Å². The Morgan fingerprint density at radius 3 is 2.40 bits per heavy atom. The van der Waals surface area contributed by atoms with Gasteiger partial charge in [0.25, 0.3) is 5.69 Å². The molecule has 0 atom stereocenters. The monoisotopic (exact) mass is 404 g/mol. The Kier molecular flexibility index (Phi) is 5.33. The Morgan fingerprint density at radius 1 is 1.08 bits per heavy atom. The molecular weight excluding hydrogens is 388 g/mol. The van der Waals surface area contributed by atoms with Gasteiger partial charge in [-0.15, -0.1) is 0 Å². The van der Waals surface area contributed by atoms with Crippen LogP contribution >= 0.6 is 15.9 Å². The van der Waals surface area contributed by atoms with E-state index < -0.39 is 10.9 Å². The fourth-order valence-corrected chi connectivity index (χ4v) is 3.13. The van der Waals surface area contributed by atoms with Gasteiger partial charge in [-0.05, 0) is 55.7 Å². The molecule has 130 valence electrons. The second kappa shape index (κ2) is 7.65. The Morgan fingerprint density at radius 2 is 1.76 bits per heavy atom. The molecule has 0 amide bonds. The van der Waals surface area contributed by atoms with Crippen molar-refractivity contribution in [1.82, 2.24) is 0 Å². The maximum absolute atomic E-state index is 12.3. The number of nitro benzene ring substituents is 1. The van der Waals surface area contributed by atoms with Gasteiger partial charge in [0.15, 0.2) is 0 Å². The molecule has 6 nitrogen and oxygen atoms in total. The summed E-state index contributed by atoms with van der Waals surface area (Å²) < 4.78 is 6.15. The number of benzene rings is 2. The van der Waals surface area contributed by atoms with Crippen molar-refractivity contribution < 1.29 is 14.5 Å². The molecule has 25 heavy (non-hydrogen) atoms. The minimum absolute atomic E-state index is 0.0628. The van der Waals surface area contributed by atoms with E-state index in [1.807, 2.05) is 4.90 Å². The SMILES string of the molecule is O=C(Oc1ccc(Br)cc1)c1ccc(N2CCCCC2)c([N+](=O)[O-])c1. The molecule has 7 heteroatoms. The van der Waals surface area contributed by atoms with Crippen molar-refractivity contribution in [3.8, 4) is 5.75 Å². The van der Waals surface area contributed by atoms with Gasteiger partial charge in [0, 0.05) is 23.6 Å². The van der Waals surface area contributed by atoms with Gasteiger partial charge in [-0.3, -0.25) is 10.1 Å². The van der Waals surface area contributed by atoms with Crippen LogP contribution < -0.4 is 9.64 Å². The lowest BCUT2D eigenvalue weighted by Gasteiger charge is -2.28. The Bertz CT molecular complexity index is 786. The quantitative estimate of drug-likeness (QED) is 0.323. The molecule has 0 N–H and O–H groups in total. The molecule has 3 rings (SSSR count). The van der Waals surface area contributed by atoms with Crippen LogP contribution in [0.3, 0.4) is 0 Å². The fourth-order valence-electron chi connectivity index (χ4n) is 2.87. The molecule has 1 fully saturated rings. The largest absolute Gasteiger partial charge is 0.423 e. The summed E-state index contributed by atoms with van der Waals surface area (Å²) in [6, 6.07) is 11.3. The minimum atomic E-state index is -0.615. The van der Waals surface area contributed by atoms with Crippen LogP contribution in [-0.4, -0.2) is 24.0 Å². The highest BCUT2D eigenvalue weighted by Gasteiger charge is 2.23. The highest BCUT2D eigenvalue weighted by Crippen LogP contribution is 2.31. The van der Waals surface area contributed by atoms with Crippen LogP contribution in [0.5, 0.6) is 5.75 Å². The summed E-state index contributed by atoms with van der Waals surface area (Å²) in [4.78, 5) is 25.3. The maximum Gasteiger partial charge on any atom is 0.343 e. The molecule has 0 saturated carbocycles. The van der Waals surface area contributed by atoms with Crippen LogP contribution in [0.1, 0.15) is 29.6 Å². The molecule has 1 heterocycles. The smallest absolute Gasteiger partial charge is 0.343 e. The van der Waals surface area contributed by atoms with Crippen molar-refractivity contribution in [2.75, 3.05) is 18.0 Å². The van der Waals surface area contributed by atoms with Gasteiger partial charge < -0.3 is 9.64 Å². The lowest BCUT2D eigenvalue weighted by molar-refractivity contribution is -0.384. The first-order valence-corrected chi connectivity index (χ1v) is 8.85. The first kappa shape index (κ1) is 17.4. The Labute approximate surface area is 153 Å². The summed E-state index contributed by atoms with van der Waals surface area (Å²) >= 11 is 3.31. The van der Waals surface area contributed by atoms with E-state index in [0.717, 1.165) is 36.8 Å². The highest BCUT2D eigenvalue weighted by molar-refractivity contribution is 9.10. The summed E-state index contributed by atoms with van der Waals surface area (Å²) in [5.41, 5.74) is 0.660. The normalized spacial score (nSPS) is 14.2. The van der Waals surface area contributed by atoms with Crippen LogP contribution in [-0.2, 0) is 0 Å². The molecule has 0 bridgehead atoms. The second-order valence-corrected chi connectivity index (χ2v) is 6.77. The molecular formula is C18H17BrN2O4. The number of ether oxygens (including phenoxy) is 1. The topological polar surface area (TPSA) is 72.7 Å². The highest BCUT2D eigenvalue weighted by atomic mass is 79.9. The number of carbonyl (C=O) groups excluding carboxylic acids is 1. The zero-order valence-corrected chi connectivity index (χ0v) is 15.1. The van der Waals surface area contributed by atoms with Crippen molar-refractivity contribution in [1.29, 1.82) is 0 Å². The van der Waals surface area contributed by atoms with Crippen molar-refractivity contribution in [2.24, 2.45) is 0 Å². The van der Waals surface area contributed by atoms with Gasteiger partial charge in [0.1, 0.15) is 11.4 Å². The van der Waals surface area contributed by atoms with Gasteiger partial charge in [-0.25, -0.2) is 4.79 Å². The third-order valence-corrected chi connectivity index (χ3v) is 4.66. The Balaban J connectivity index is 1.84. The van der Waals surface area contributed by atoms with Gasteiger partial charge in [-0.1, -0.05) is 15.9 Å². The fraction of sp³-hybridized carbons (Fsp3) is 0.278. The molecule has 1 saturated heterocycles. The summed E-state index contributed by atoms with van der Waals surface area (Å²) in [6.45, 7) is 1.59. The van der Waals surface area contributed by atoms with Gasteiger partial charge in [-0.2, -0.15) is 0 Å². The molecule has 2 aromatic carbocycles. The van der Waals surface area contributed by atoms with Crippen LogP contribution in [0.25, 0.3) is 0 Å². The molecule has 0 spiro atoms. The number of rotatable bonds is 4. The van der Waals surface area contributed by atoms with E-state index in [1.54, 1.807) is 36.4 Å². The van der Waals surface area contributed by atoms with E-state index in [0.29, 0.717) is 11.4 Å². The predicted molar refractivity (Wildman–Crippen MR) is 98.3 cm³/mol. The van der Waals surface area contributed by atoms with Crippen molar-refractivity contribution in [3.05, 3.63) is 62.6 Å². The summed E-state index contributed by atoms with van der Waals surface area (Å²) in [5.74, 6) is -0.230. The van der Waals surface area contributed by atoms with E-state index >= 15 is 0 Å². The predicted octanol–water partition coefficient (Wildman–Crippen LogP) is 4.57. The van der Waals surface area contributed by atoms with E-state index in [-0.39, 0.29) is 11.3 Å². The van der Waals surface area contributed by atoms with Crippen LogP contribution in [0.15, 0.2) is 46.9 Å². The Hall–Kier alpha value is -2.41. The van der Waals surface area contributed by atoms with Gasteiger partial charge >= 0.3 is 5.97 Å². The van der Waals surface area contributed by atoms with E-state index in [4.69, 9.17) is 4.74 Å². The number of carbonyl (C=O) groups is 1. The zero-order chi connectivity index (χ0) is 17.8. The standard InChI is InChI=1S/C18H17BrN2O4/c19-14-5-7-15(8-6-14)25-18(22)13-4-9-16(17(12-13)21(23)24)20-10-2-1-3-11-20/h4-9,12H,1-3,10-11H2. The number of anilines is 1. The first-order chi connectivity index (χ1) is 12.0. The van der Waals surface area contributed by atoms with Crippen LogP contribution in [0.2, 0.25) is 0 Å². The molecule has 0 radical (unpaired) electrons. The summed E-state index contributed by atoms with van der Waals surface area (Å²) in [6.07, 6.45) is 3.18. The van der Waals surface area contributed by atoms with E-state index in [9.17, 15) is 14.9 Å². The average molecular weight is 405 g/mol. The van der Waals surface area contributed by atoms with Crippen LogP contribution in [0.4, 0.5) is 11.4 Å². The van der Waals surface area contributed by atoms with Crippen molar-refractivity contribution >= 4 is 33.3 Å². The third kappa shape index (κ3) is 4.17. The second-order valence-electron chi connectivity index (χ2n) is 5.85. The van der Waals surface area contributed by atoms with Gasteiger partial charge in [0.2, 0.25) is 0 Å². The molecule has 2 aromatic rings.